The van der Waals surface area contributed by atoms with Crippen molar-refractivity contribution in [2.45, 2.75) is 6.61 Å². The number of hydrogen-bond acceptors (Lipinski definition) is 5. The van der Waals surface area contributed by atoms with Gasteiger partial charge in [0.05, 0.1) is 7.11 Å². The predicted molar refractivity (Wildman–Crippen MR) is 108 cm³/mol. The third-order valence-corrected chi connectivity index (χ3v) is 4.23. The number of benzene rings is 3. The molecule has 0 aromatic heterocycles. The van der Waals surface area contributed by atoms with E-state index in [0.29, 0.717) is 0 Å². The average Bonchev–Trinajstić information content (AvgIpc) is 2.75. The number of Topliss-reactive ketones (excluding diaryl/α,β-unsaturated/α-hetero) is 1. The SMILES string of the molecule is COc1ccc2cc(/C=C/C(=O)OCC(=O)c3ccc(OC(F)F)cc3)ccc2c1. The zero-order valence-electron chi connectivity index (χ0n) is 16.0. The van der Waals surface area contributed by atoms with Crippen LogP contribution in [0.3, 0.4) is 0 Å². The molecule has 0 amide bonds. The highest BCUT2D eigenvalue weighted by Gasteiger charge is 2.10. The largest absolute Gasteiger partial charge is 0.497 e. The van der Waals surface area contributed by atoms with Gasteiger partial charge in [0.25, 0.3) is 0 Å². The molecule has 0 saturated heterocycles. The zero-order chi connectivity index (χ0) is 21.5. The number of methoxy groups -OCH3 is 1. The normalized spacial score (nSPS) is 11.1. The Labute approximate surface area is 171 Å². The van der Waals surface area contributed by atoms with Crippen LogP contribution in [0.1, 0.15) is 15.9 Å². The molecule has 30 heavy (non-hydrogen) atoms. The minimum Gasteiger partial charge on any atom is -0.497 e. The van der Waals surface area contributed by atoms with Gasteiger partial charge in [0.1, 0.15) is 11.5 Å². The summed E-state index contributed by atoms with van der Waals surface area (Å²) in [7, 11) is 1.60. The van der Waals surface area contributed by atoms with Crippen LogP contribution in [0.5, 0.6) is 11.5 Å². The summed E-state index contributed by atoms with van der Waals surface area (Å²) in [5, 5.41) is 1.99. The van der Waals surface area contributed by atoms with E-state index in [4.69, 9.17) is 9.47 Å². The molecule has 0 aliphatic heterocycles. The summed E-state index contributed by atoms with van der Waals surface area (Å²) in [6.45, 7) is -3.40. The molecular formula is C23H18F2O5. The highest BCUT2D eigenvalue weighted by atomic mass is 19.3. The Kier molecular flexibility index (Phi) is 6.75. The van der Waals surface area contributed by atoms with E-state index in [2.05, 4.69) is 4.74 Å². The number of halogens is 2. The minimum absolute atomic E-state index is 0.0599. The van der Waals surface area contributed by atoms with Crippen molar-refractivity contribution in [1.29, 1.82) is 0 Å². The molecule has 0 bridgehead atoms. The van der Waals surface area contributed by atoms with Crippen LogP contribution in [0.4, 0.5) is 8.78 Å². The number of rotatable bonds is 8. The Morgan fingerprint density at radius 2 is 1.60 bits per heavy atom. The molecule has 3 aromatic carbocycles. The number of carbonyl (C=O) groups excluding carboxylic acids is 2. The zero-order valence-corrected chi connectivity index (χ0v) is 16.0. The van der Waals surface area contributed by atoms with Crippen LogP contribution >= 0.6 is 0 Å². The van der Waals surface area contributed by atoms with Crippen molar-refractivity contribution in [2.75, 3.05) is 13.7 Å². The lowest BCUT2D eigenvalue weighted by molar-refractivity contribution is -0.136. The van der Waals surface area contributed by atoms with E-state index < -0.39 is 25.0 Å². The van der Waals surface area contributed by atoms with E-state index >= 15 is 0 Å². The average molecular weight is 412 g/mol. The van der Waals surface area contributed by atoms with Crippen LogP contribution in [0.2, 0.25) is 0 Å². The topological polar surface area (TPSA) is 61.8 Å². The summed E-state index contributed by atoms with van der Waals surface area (Å²) in [6.07, 6.45) is 2.82. The molecule has 0 radical (unpaired) electrons. The Morgan fingerprint density at radius 1 is 0.933 bits per heavy atom. The van der Waals surface area contributed by atoms with Gasteiger partial charge in [0.2, 0.25) is 0 Å². The Balaban J connectivity index is 1.55. The maximum absolute atomic E-state index is 12.1. The van der Waals surface area contributed by atoms with Gasteiger partial charge in [-0.05, 0) is 64.9 Å². The molecule has 0 atom stereocenters. The van der Waals surface area contributed by atoms with Crippen molar-refractivity contribution in [3.8, 4) is 11.5 Å². The Hall–Kier alpha value is -3.74. The van der Waals surface area contributed by atoms with Gasteiger partial charge in [-0.3, -0.25) is 4.79 Å². The summed E-state index contributed by atoms with van der Waals surface area (Å²) in [4.78, 5) is 23.9. The summed E-state index contributed by atoms with van der Waals surface area (Å²) in [5.74, 6) is -0.429. The molecule has 0 aliphatic carbocycles. The van der Waals surface area contributed by atoms with Crippen LogP contribution in [-0.4, -0.2) is 32.1 Å². The summed E-state index contributed by atoms with van der Waals surface area (Å²) in [5.41, 5.74) is 1.02. The molecule has 3 rings (SSSR count). The van der Waals surface area contributed by atoms with Gasteiger partial charge < -0.3 is 14.2 Å². The van der Waals surface area contributed by atoms with E-state index in [1.165, 1.54) is 30.3 Å². The molecular weight excluding hydrogens is 394 g/mol. The molecule has 3 aromatic rings. The second-order valence-electron chi connectivity index (χ2n) is 6.24. The van der Waals surface area contributed by atoms with Gasteiger partial charge in [-0.15, -0.1) is 0 Å². The molecule has 0 aliphatic rings. The summed E-state index contributed by atoms with van der Waals surface area (Å²) >= 11 is 0. The molecule has 0 fully saturated rings. The molecule has 0 N–H and O–H groups in total. The maximum Gasteiger partial charge on any atom is 0.387 e. The number of ketones is 1. The van der Waals surface area contributed by atoms with Crippen LogP contribution < -0.4 is 9.47 Å². The van der Waals surface area contributed by atoms with Crippen LogP contribution in [0, 0.1) is 0 Å². The molecule has 7 heteroatoms. The number of ether oxygens (including phenoxy) is 3. The lowest BCUT2D eigenvalue weighted by Crippen LogP contribution is -2.12. The fraction of sp³-hybridized carbons (Fsp3) is 0.130. The van der Waals surface area contributed by atoms with E-state index in [1.54, 1.807) is 13.2 Å². The van der Waals surface area contributed by atoms with Crippen molar-refractivity contribution in [1.82, 2.24) is 0 Å². The fourth-order valence-corrected chi connectivity index (χ4v) is 2.73. The standard InChI is InChI=1S/C23H18F2O5/c1-28-20-10-7-17-12-15(2-4-18(17)13-20)3-11-22(27)29-14-21(26)16-5-8-19(9-6-16)30-23(24)25/h2-13,23H,14H2,1H3/b11-3+. The predicted octanol–water partition coefficient (Wildman–Crippen LogP) is 4.89. The van der Waals surface area contributed by atoms with Gasteiger partial charge in [-0.25, -0.2) is 4.79 Å². The first-order valence-electron chi connectivity index (χ1n) is 8.95. The lowest BCUT2D eigenvalue weighted by atomic mass is 10.1. The van der Waals surface area contributed by atoms with Crippen molar-refractivity contribution in [3.63, 3.8) is 0 Å². The molecule has 0 spiro atoms. The van der Waals surface area contributed by atoms with E-state index in [0.717, 1.165) is 22.1 Å². The number of fused-ring (bicyclic) bond motifs is 1. The molecule has 0 saturated carbocycles. The van der Waals surface area contributed by atoms with Gasteiger partial charge in [0.15, 0.2) is 12.4 Å². The molecule has 0 unspecified atom stereocenters. The van der Waals surface area contributed by atoms with Gasteiger partial charge >= 0.3 is 12.6 Å². The van der Waals surface area contributed by atoms with Crippen LogP contribution in [0.25, 0.3) is 16.8 Å². The van der Waals surface area contributed by atoms with E-state index in [9.17, 15) is 18.4 Å². The number of carbonyl (C=O) groups is 2. The van der Waals surface area contributed by atoms with Crippen LogP contribution in [-0.2, 0) is 9.53 Å². The van der Waals surface area contributed by atoms with E-state index in [-0.39, 0.29) is 11.3 Å². The van der Waals surface area contributed by atoms with Crippen molar-refractivity contribution >= 4 is 28.6 Å². The highest BCUT2D eigenvalue weighted by Crippen LogP contribution is 2.22. The first-order valence-corrected chi connectivity index (χ1v) is 8.95. The smallest absolute Gasteiger partial charge is 0.387 e. The number of alkyl halides is 2. The number of hydrogen-bond donors (Lipinski definition) is 0. The lowest BCUT2D eigenvalue weighted by Gasteiger charge is -2.05. The van der Waals surface area contributed by atoms with Gasteiger partial charge in [-0.2, -0.15) is 8.78 Å². The molecule has 0 heterocycles. The van der Waals surface area contributed by atoms with Crippen molar-refractivity contribution in [2.24, 2.45) is 0 Å². The van der Waals surface area contributed by atoms with Gasteiger partial charge in [-0.1, -0.05) is 18.2 Å². The Bertz CT molecular complexity index is 1070. The van der Waals surface area contributed by atoms with Crippen LogP contribution in [0.15, 0.2) is 66.7 Å². The first-order chi connectivity index (χ1) is 14.4. The highest BCUT2D eigenvalue weighted by molar-refractivity contribution is 5.99. The quantitative estimate of drug-likeness (QED) is 0.300. The van der Waals surface area contributed by atoms with Crippen molar-refractivity contribution in [3.05, 3.63) is 77.9 Å². The molecule has 154 valence electrons. The van der Waals surface area contributed by atoms with Crippen molar-refractivity contribution < 1.29 is 32.6 Å². The Morgan fingerprint density at radius 3 is 2.30 bits per heavy atom. The second-order valence-corrected chi connectivity index (χ2v) is 6.24. The third-order valence-electron chi connectivity index (χ3n) is 4.23. The maximum atomic E-state index is 12.1. The second kappa shape index (κ2) is 9.65. The number of esters is 1. The summed E-state index contributed by atoms with van der Waals surface area (Å²) in [6, 6.07) is 16.5. The van der Waals surface area contributed by atoms with E-state index in [1.807, 2.05) is 36.4 Å². The van der Waals surface area contributed by atoms with Gasteiger partial charge in [0, 0.05) is 11.6 Å². The molecule has 5 nitrogen and oxygen atoms in total. The fourth-order valence-electron chi connectivity index (χ4n) is 2.73. The first kappa shape index (κ1) is 21.0. The minimum atomic E-state index is -2.94. The summed E-state index contributed by atoms with van der Waals surface area (Å²) < 4.78 is 38.6. The third kappa shape index (κ3) is 5.64. The monoisotopic (exact) mass is 412 g/mol.